The maximum absolute atomic E-state index is 5.13. The molecule has 0 heterocycles. The van der Waals surface area contributed by atoms with Gasteiger partial charge in [-0.25, -0.2) is 0 Å². The van der Waals surface area contributed by atoms with Gasteiger partial charge in [0.1, 0.15) is 5.75 Å². The first-order valence-electron chi connectivity index (χ1n) is 5.29. The zero-order chi connectivity index (χ0) is 12.1. The van der Waals surface area contributed by atoms with Crippen LogP contribution in [0, 0.1) is 0 Å². The van der Waals surface area contributed by atoms with E-state index >= 15 is 0 Å². The Morgan fingerprint density at radius 2 is 1.65 bits per heavy atom. The highest BCUT2D eigenvalue weighted by Crippen LogP contribution is 2.25. The van der Waals surface area contributed by atoms with Gasteiger partial charge in [-0.15, -0.1) is 11.8 Å². The van der Waals surface area contributed by atoms with Gasteiger partial charge in [0.2, 0.25) is 0 Å². The third-order valence-corrected chi connectivity index (χ3v) is 3.99. The predicted molar refractivity (Wildman–Crippen MR) is 76.7 cm³/mol. The lowest BCUT2D eigenvalue weighted by Crippen LogP contribution is -1.84. The summed E-state index contributed by atoms with van der Waals surface area (Å²) in [6.45, 7) is 0. The van der Waals surface area contributed by atoms with E-state index in [1.807, 2.05) is 23.9 Å². The molecule has 0 amide bonds. The Bertz CT molecular complexity index is 465. The van der Waals surface area contributed by atoms with Crippen LogP contribution in [-0.2, 0) is 5.75 Å². The van der Waals surface area contributed by atoms with Crippen LogP contribution in [0.2, 0.25) is 0 Å². The maximum Gasteiger partial charge on any atom is 0.118 e. The van der Waals surface area contributed by atoms with Crippen molar-refractivity contribution in [3.63, 3.8) is 0 Å². The van der Waals surface area contributed by atoms with Crippen molar-refractivity contribution in [3.05, 3.63) is 58.6 Å². The van der Waals surface area contributed by atoms with Crippen LogP contribution < -0.4 is 4.74 Å². The number of methoxy groups -OCH3 is 1. The standard InChI is InChI=1S/C14H13BrOS/c1-16-13-6-2-11(3-7-13)10-17-14-8-4-12(15)5-9-14/h2-9H,10H2,1H3. The van der Waals surface area contributed by atoms with Crippen LogP contribution >= 0.6 is 27.7 Å². The minimum absolute atomic E-state index is 0.905. The summed E-state index contributed by atoms with van der Waals surface area (Å²) in [5.41, 5.74) is 1.30. The van der Waals surface area contributed by atoms with Crippen molar-refractivity contribution >= 4 is 27.7 Å². The lowest BCUT2D eigenvalue weighted by Gasteiger charge is -2.04. The Hall–Kier alpha value is -0.930. The summed E-state index contributed by atoms with van der Waals surface area (Å²) in [5, 5.41) is 0. The van der Waals surface area contributed by atoms with Crippen LogP contribution in [0.25, 0.3) is 0 Å². The third kappa shape index (κ3) is 3.79. The van der Waals surface area contributed by atoms with Crippen LogP contribution in [-0.4, -0.2) is 7.11 Å². The van der Waals surface area contributed by atoms with Crippen LogP contribution in [0.5, 0.6) is 5.75 Å². The van der Waals surface area contributed by atoms with E-state index in [0.29, 0.717) is 0 Å². The summed E-state index contributed by atoms with van der Waals surface area (Å²) in [7, 11) is 1.69. The van der Waals surface area contributed by atoms with Gasteiger partial charge in [0.05, 0.1) is 7.11 Å². The lowest BCUT2D eigenvalue weighted by atomic mass is 10.2. The van der Waals surface area contributed by atoms with E-state index in [9.17, 15) is 0 Å². The average molecular weight is 309 g/mol. The molecule has 0 aromatic heterocycles. The van der Waals surface area contributed by atoms with E-state index in [-0.39, 0.29) is 0 Å². The molecule has 1 nitrogen and oxygen atoms in total. The number of halogens is 1. The second-order valence-corrected chi connectivity index (χ2v) is 5.56. The molecule has 0 unspecified atom stereocenters. The molecule has 0 N–H and O–H groups in total. The van der Waals surface area contributed by atoms with Crippen molar-refractivity contribution in [1.29, 1.82) is 0 Å². The second-order valence-electron chi connectivity index (χ2n) is 3.59. The molecule has 0 spiro atoms. The number of rotatable bonds is 4. The molecule has 0 fully saturated rings. The van der Waals surface area contributed by atoms with Gasteiger partial charge in [0.15, 0.2) is 0 Å². The maximum atomic E-state index is 5.13. The van der Waals surface area contributed by atoms with E-state index in [1.165, 1.54) is 10.5 Å². The molecule has 0 aliphatic heterocycles. The Morgan fingerprint density at radius 1 is 1.00 bits per heavy atom. The zero-order valence-electron chi connectivity index (χ0n) is 9.52. The molecule has 3 heteroatoms. The van der Waals surface area contributed by atoms with Crippen molar-refractivity contribution in [2.45, 2.75) is 10.6 Å². The van der Waals surface area contributed by atoms with Crippen molar-refractivity contribution in [1.82, 2.24) is 0 Å². The van der Waals surface area contributed by atoms with Gasteiger partial charge >= 0.3 is 0 Å². The van der Waals surface area contributed by atoms with Crippen LogP contribution in [0.15, 0.2) is 57.9 Å². The van der Waals surface area contributed by atoms with Crippen molar-refractivity contribution < 1.29 is 4.74 Å². The van der Waals surface area contributed by atoms with E-state index < -0.39 is 0 Å². The normalized spacial score (nSPS) is 10.2. The molecule has 0 saturated carbocycles. The molecule has 0 saturated heterocycles. The largest absolute Gasteiger partial charge is 0.497 e. The van der Waals surface area contributed by atoms with Crippen LogP contribution in [0.4, 0.5) is 0 Å². The fraction of sp³-hybridized carbons (Fsp3) is 0.143. The van der Waals surface area contributed by atoms with Gasteiger partial charge in [0.25, 0.3) is 0 Å². The van der Waals surface area contributed by atoms with Crippen molar-refractivity contribution in [2.75, 3.05) is 7.11 Å². The van der Waals surface area contributed by atoms with E-state index in [2.05, 4.69) is 52.3 Å². The van der Waals surface area contributed by atoms with E-state index in [0.717, 1.165) is 16.0 Å². The Kier molecular flexibility index (Phi) is 4.51. The molecular formula is C14H13BrOS. The highest BCUT2D eigenvalue weighted by atomic mass is 79.9. The Labute approximate surface area is 114 Å². The first-order valence-corrected chi connectivity index (χ1v) is 7.07. The predicted octanol–water partition coefficient (Wildman–Crippen LogP) is 4.75. The number of ether oxygens (including phenoxy) is 1. The quantitative estimate of drug-likeness (QED) is 0.754. The number of thioether (sulfide) groups is 1. The Balaban J connectivity index is 1.95. The van der Waals surface area contributed by atoms with Crippen molar-refractivity contribution in [2.24, 2.45) is 0 Å². The van der Waals surface area contributed by atoms with Crippen LogP contribution in [0.1, 0.15) is 5.56 Å². The topological polar surface area (TPSA) is 9.23 Å². The van der Waals surface area contributed by atoms with Gasteiger partial charge in [0, 0.05) is 15.1 Å². The number of benzene rings is 2. The molecule has 0 bridgehead atoms. The Morgan fingerprint density at radius 3 is 2.24 bits per heavy atom. The third-order valence-electron chi connectivity index (χ3n) is 2.38. The number of hydrogen-bond donors (Lipinski definition) is 0. The first kappa shape index (κ1) is 12.5. The summed E-state index contributed by atoms with van der Waals surface area (Å²) < 4.78 is 6.25. The lowest BCUT2D eigenvalue weighted by molar-refractivity contribution is 0.414. The summed E-state index contributed by atoms with van der Waals surface area (Å²) >= 11 is 5.27. The van der Waals surface area contributed by atoms with E-state index in [1.54, 1.807) is 7.11 Å². The fourth-order valence-electron chi connectivity index (χ4n) is 1.42. The highest BCUT2D eigenvalue weighted by molar-refractivity contribution is 9.10. The molecule has 0 atom stereocenters. The minimum atomic E-state index is 0.905. The molecule has 2 aromatic carbocycles. The van der Waals surface area contributed by atoms with Crippen molar-refractivity contribution in [3.8, 4) is 5.75 Å². The number of hydrogen-bond acceptors (Lipinski definition) is 2. The molecule has 2 aromatic rings. The molecule has 0 aliphatic rings. The van der Waals surface area contributed by atoms with Gasteiger partial charge in [-0.3, -0.25) is 0 Å². The summed E-state index contributed by atoms with van der Waals surface area (Å²) in [5.74, 6) is 1.88. The van der Waals surface area contributed by atoms with Gasteiger partial charge in [-0.2, -0.15) is 0 Å². The van der Waals surface area contributed by atoms with Gasteiger partial charge < -0.3 is 4.74 Å². The SMILES string of the molecule is COc1ccc(CSc2ccc(Br)cc2)cc1. The van der Waals surface area contributed by atoms with Gasteiger partial charge in [-0.1, -0.05) is 28.1 Å². The molecule has 2 rings (SSSR count). The smallest absolute Gasteiger partial charge is 0.118 e. The molecule has 17 heavy (non-hydrogen) atoms. The summed E-state index contributed by atoms with van der Waals surface area (Å²) in [4.78, 5) is 1.28. The first-order chi connectivity index (χ1) is 8.28. The van der Waals surface area contributed by atoms with Crippen LogP contribution in [0.3, 0.4) is 0 Å². The summed E-state index contributed by atoms with van der Waals surface area (Å²) in [6, 6.07) is 16.6. The van der Waals surface area contributed by atoms with Gasteiger partial charge in [-0.05, 0) is 42.0 Å². The average Bonchev–Trinajstić information content (AvgIpc) is 2.39. The zero-order valence-corrected chi connectivity index (χ0v) is 11.9. The molecule has 0 aliphatic carbocycles. The summed E-state index contributed by atoms with van der Waals surface area (Å²) in [6.07, 6.45) is 0. The monoisotopic (exact) mass is 308 g/mol. The molecular weight excluding hydrogens is 296 g/mol. The minimum Gasteiger partial charge on any atom is -0.497 e. The van der Waals surface area contributed by atoms with E-state index in [4.69, 9.17) is 4.74 Å². The highest BCUT2D eigenvalue weighted by Gasteiger charge is 1.97. The second kappa shape index (κ2) is 6.12. The fourth-order valence-corrected chi connectivity index (χ4v) is 2.54. The molecule has 0 radical (unpaired) electrons. The molecule has 88 valence electrons.